The number of anilines is 1. The van der Waals surface area contributed by atoms with Crippen molar-refractivity contribution < 1.29 is 39.5 Å². The molecule has 2 aliphatic heterocycles. The molecular weight excluding hydrogens is 430 g/mol. The van der Waals surface area contributed by atoms with Crippen molar-refractivity contribution in [3.05, 3.63) is 29.8 Å². The van der Waals surface area contributed by atoms with Crippen LogP contribution in [-0.2, 0) is 14.3 Å². The number of aliphatic hydroxyl groups excluding tert-OH is 1. The van der Waals surface area contributed by atoms with E-state index in [0.29, 0.717) is 5.92 Å². The number of aromatic carboxylic acids is 1. The van der Waals surface area contributed by atoms with Crippen LogP contribution < -0.4 is 5.32 Å². The number of hydrogen-bond donors (Lipinski definition) is 5. The third-order valence-corrected chi connectivity index (χ3v) is 8.47. The average Bonchev–Trinajstić information content (AvgIpc) is 3.09. The molecule has 0 radical (unpaired) electrons. The number of benzene rings is 1. The van der Waals surface area contributed by atoms with Gasteiger partial charge in [-0.2, -0.15) is 0 Å². The predicted octanol–water partition coefficient (Wildman–Crippen LogP) is 2.20. The summed E-state index contributed by atoms with van der Waals surface area (Å²) in [4.78, 5) is 37.1. The van der Waals surface area contributed by atoms with Crippen LogP contribution in [-0.4, -0.2) is 55.9 Å². The van der Waals surface area contributed by atoms with Crippen LogP contribution in [0, 0.1) is 22.7 Å². The third-order valence-electron chi connectivity index (χ3n) is 8.47. The number of phenols is 2. The van der Waals surface area contributed by atoms with E-state index in [1.807, 2.05) is 6.08 Å². The molecule has 2 saturated carbocycles. The van der Waals surface area contributed by atoms with Gasteiger partial charge in [-0.1, -0.05) is 13.0 Å². The molecule has 1 aromatic rings. The number of carboxylic acid groups (broad SMARTS) is 1. The quantitative estimate of drug-likeness (QED) is 0.422. The number of carboxylic acids is 1. The molecule has 9 nitrogen and oxygen atoms in total. The molecule has 1 amide bonds. The van der Waals surface area contributed by atoms with Crippen molar-refractivity contribution in [1.29, 1.82) is 0 Å². The maximum Gasteiger partial charge on any atom is 0.339 e. The van der Waals surface area contributed by atoms with E-state index in [9.17, 15) is 29.7 Å². The minimum Gasteiger partial charge on any atom is -0.506 e. The van der Waals surface area contributed by atoms with E-state index in [0.717, 1.165) is 31.4 Å². The topological polar surface area (TPSA) is 153 Å². The number of ether oxygens (including phenoxy) is 1. The van der Waals surface area contributed by atoms with E-state index in [-0.39, 0.29) is 35.2 Å². The lowest BCUT2D eigenvalue weighted by Crippen LogP contribution is -2.57. The van der Waals surface area contributed by atoms with E-state index in [2.05, 4.69) is 12.2 Å². The third kappa shape index (κ3) is 2.95. The highest BCUT2D eigenvalue weighted by Gasteiger charge is 2.71. The summed E-state index contributed by atoms with van der Waals surface area (Å²) < 4.78 is 6.36. The summed E-state index contributed by atoms with van der Waals surface area (Å²) >= 11 is 0. The van der Waals surface area contributed by atoms with E-state index in [1.54, 1.807) is 13.0 Å². The number of rotatable bonds is 5. The van der Waals surface area contributed by atoms with Gasteiger partial charge in [0.15, 0.2) is 11.5 Å². The lowest BCUT2D eigenvalue weighted by molar-refractivity contribution is -0.173. The Balaban J connectivity index is 1.40. The van der Waals surface area contributed by atoms with E-state index in [4.69, 9.17) is 9.84 Å². The number of ketones is 1. The van der Waals surface area contributed by atoms with E-state index >= 15 is 0 Å². The molecule has 6 rings (SSSR count). The molecule has 33 heavy (non-hydrogen) atoms. The second kappa shape index (κ2) is 6.80. The second-order valence-electron chi connectivity index (χ2n) is 10.5. The maximum atomic E-state index is 13.1. The molecule has 3 aliphatic carbocycles. The van der Waals surface area contributed by atoms with E-state index < -0.39 is 46.1 Å². The van der Waals surface area contributed by atoms with E-state index in [1.165, 1.54) is 0 Å². The number of phenolic OH excluding ortho intramolecular Hbond substituents is 1. The maximum absolute atomic E-state index is 13.1. The summed E-state index contributed by atoms with van der Waals surface area (Å²) in [7, 11) is 0. The van der Waals surface area contributed by atoms with Gasteiger partial charge < -0.3 is 30.5 Å². The van der Waals surface area contributed by atoms with Crippen LogP contribution in [0.4, 0.5) is 5.69 Å². The highest BCUT2D eigenvalue weighted by Crippen LogP contribution is 2.71. The van der Waals surface area contributed by atoms with Gasteiger partial charge in [-0.05, 0) is 62.1 Å². The zero-order chi connectivity index (χ0) is 23.9. The van der Waals surface area contributed by atoms with Crippen LogP contribution in [0.3, 0.4) is 0 Å². The molecule has 5 N–H and O–H groups in total. The van der Waals surface area contributed by atoms with Crippen molar-refractivity contribution in [3.63, 3.8) is 0 Å². The second-order valence-corrected chi connectivity index (χ2v) is 10.5. The normalized spacial score (nSPS) is 38.9. The lowest BCUT2D eigenvalue weighted by Gasteiger charge is -2.55. The van der Waals surface area contributed by atoms with Gasteiger partial charge >= 0.3 is 5.97 Å². The largest absolute Gasteiger partial charge is 0.506 e. The zero-order valence-electron chi connectivity index (χ0n) is 18.4. The number of carbonyl (C=O) groups is 3. The first kappa shape index (κ1) is 21.9. The molecule has 0 aromatic heterocycles. The fourth-order valence-corrected chi connectivity index (χ4v) is 7.17. The van der Waals surface area contributed by atoms with Crippen molar-refractivity contribution in [1.82, 2.24) is 0 Å². The number of carbonyl (C=O) groups excluding carboxylic acids is 2. The number of nitrogens with one attached hydrogen (secondary N) is 1. The lowest BCUT2D eigenvalue weighted by atomic mass is 9.51. The molecule has 5 aliphatic rings. The Hall–Kier alpha value is -2.91. The van der Waals surface area contributed by atoms with Gasteiger partial charge in [0.05, 0.1) is 11.7 Å². The van der Waals surface area contributed by atoms with Gasteiger partial charge in [0.2, 0.25) is 0 Å². The average molecular weight is 457 g/mol. The molecule has 9 heteroatoms. The van der Waals surface area contributed by atoms with Gasteiger partial charge in [0.1, 0.15) is 23.1 Å². The first-order chi connectivity index (χ1) is 15.4. The Kier molecular flexibility index (Phi) is 4.52. The number of aliphatic hydroxyl groups is 1. The van der Waals surface area contributed by atoms with Gasteiger partial charge in [-0.3, -0.25) is 9.59 Å². The molecule has 4 fully saturated rings. The molecule has 1 unspecified atom stereocenters. The highest BCUT2D eigenvalue weighted by atomic mass is 16.5. The van der Waals surface area contributed by atoms with Crippen LogP contribution in [0.15, 0.2) is 24.3 Å². The van der Waals surface area contributed by atoms with Gasteiger partial charge in [-0.15, -0.1) is 0 Å². The van der Waals surface area contributed by atoms with Gasteiger partial charge in [-0.25, -0.2) is 4.79 Å². The van der Waals surface area contributed by atoms with Crippen molar-refractivity contribution in [3.8, 4) is 11.5 Å². The molecule has 1 spiro atoms. The Morgan fingerprint density at radius 1 is 1.27 bits per heavy atom. The summed E-state index contributed by atoms with van der Waals surface area (Å²) in [6, 6.07) is 2.02. The Morgan fingerprint density at radius 2 is 2.00 bits per heavy atom. The number of amides is 1. The highest BCUT2D eigenvalue weighted by molar-refractivity contribution is 6.02. The minimum atomic E-state index is -1.64. The van der Waals surface area contributed by atoms with Crippen LogP contribution >= 0.6 is 0 Å². The van der Waals surface area contributed by atoms with Gasteiger partial charge in [0.25, 0.3) is 5.91 Å². The Labute approximate surface area is 190 Å². The number of hydrogen-bond acceptors (Lipinski definition) is 7. The summed E-state index contributed by atoms with van der Waals surface area (Å²) in [5, 5.41) is 42.3. The smallest absolute Gasteiger partial charge is 0.339 e. The van der Waals surface area contributed by atoms with Crippen molar-refractivity contribution in [2.45, 2.75) is 57.3 Å². The molecule has 1 aromatic carbocycles. The Morgan fingerprint density at radius 3 is 2.67 bits per heavy atom. The zero-order valence-corrected chi connectivity index (χ0v) is 18.4. The summed E-state index contributed by atoms with van der Waals surface area (Å²) in [6.45, 7) is 3.89. The predicted molar refractivity (Wildman–Crippen MR) is 115 cm³/mol. The van der Waals surface area contributed by atoms with Gasteiger partial charge in [0, 0.05) is 11.3 Å². The summed E-state index contributed by atoms with van der Waals surface area (Å²) in [5.41, 5.74) is -2.47. The van der Waals surface area contributed by atoms with Crippen molar-refractivity contribution in [2.24, 2.45) is 22.7 Å². The van der Waals surface area contributed by atoms with Crippen LogP contribution in [0.2, 0.25) is 0 Å². The van der Waals surface area contributed by atoms with Crippen LogP contribution in [0.1, 0.15) is 49.9 Å². The number of aromatic hydroxyl groups is 2. The molecule has 4 bridgehead atoms. The molecule has 7 atom stereocenters. The SMILES string of the molecule is C[C@]12C[C@@]34C=CC(=O)[C@@](C)(CC(O)C(=O)Nc5c(O)ccc(C(=O)O)c5O)[C@@H]3[C@H](C[C@@H]1C4)O2. The standard InChI is InChI=1S/C24H27NO8/c1-22(9-14(27)20(30)25-17-13(26)4-3-12(18(17)29)21(31)32)16(28)5-6-24-8-11-7-15(19(22)24)33-23(11,2)10-24/h3-6,11,14-15,19,26-27,29H,7-10H2,1-2H3,(H,25,30)(H,31,32)/t11-,14?,15+,19+,22-,23+,24+/m1/s1. The fraction of sp³-hybridized carbons (Fsp3) is 0.542. The summed E-state index contributed by atoms with van der Waals surface area (Å²) in [6.07, 6.45) is 4.21. The van der Waals surface area contributed by atoms with Crippen molar-refractivity contribution in [2.75, 3.05) is 5.32 Å². The molecular formula is C24H27NO8. The first-order valence-electron chi connectivity index (χ1n) is 11.1. The number of allylic oxidation sites excluding steroid dienone is 2. The van der Waals surface area contributed by atoms with Crippen LogP contribution in [0.25, 0.3) is 0 Å². The monoisotopic (exact) mass is 457 g/mol. The Bertz CT molecular complexity index is 1110. The summed E-state index contributed by atoms with van der Waals surface area (Å²) in [5.74, 6) is -3.69. The molecule has 2 saturated heterocycles. The minimum absolute atomic E-state index is 0.128. The molecule has 2 heterocycles. The molecule has 176 valence electrons. The van der Waals surface area contributed by atoms with Crippen molar-refractivity contribution >= 4 is 23.3 Å². The van der Waals surface area contributed by atoms with Crippen LogP contribution in [0.5, 0.6) is 11.5 Å². The first-order valence-corrected chi connectivity index (χ1v) is 11.1. The fourth-order valence-electron chi connectivity index (χ4n) is 7.17.